The van der Waals surface area contributed by atoms with Crippen molar-refractivity contribution < 1.29 is 9.34 Å². The molecule has 0 bridgehead atoms. The topological polar surface area (TPSA) is 99.9 Å². The third-order valence-electron chi connectivity index (χ3n) is 2.51. The van der Waals surface area contributed by atoms with Crippen molar-refractivity contribution >= 4 is 16.9 Å². The van der Waals surface area contributed by atoms with Gasteiger partial charge in [-0.25, -0.2) is 14.6 Å². The molecule has 0 aliphatic heterocycles. The van der Waals surface area contributed by atoms with Crippen molar-refractivity contribution in [2.45, 2.75) is 0 Å². The molecule has 0 aromatic carbocycles. The molecule has 3 aromatic rings. The van der Waals surface area contributed by atoms with Gasteiger partial charge in [0, 0.05) is 13.2 Å². The molecule has 0 saturated heterocycles. The number of furan rings is 1. The zero-order valence-corrected chi connectivity index (χ0v) is 9.27. The third kappa shape index (κ3) is 1.43. The van der Waals surface area contributed by atoms with Gasteiger partial charge in [0.05, 0.1) is 11.5 Å². The van der Waals surface area contributed by atoms with Gasteiger partial charge in [-0.3, -0.25) is 10.1 Å². The van der Waals surface area contributed by atoms with Crippen LogP contribution in [-0.4, -0.2) is 24.7 Å². The highest BCUT2D eigenvalue weighted by molar-refractivity contribution is 5.88. The maximum Gasteiger partial charge on any atom is 0.433 e. The van der Waals surface area contributed by atoms with Crippen molar-refractivity contribution in [2.24, 2.45) is 7.05 Å². The van der Waals surface area contributed by atoms with E-state index in [9.17, 15) is 10.1 Å². The Labute approximate surface area is 100 Å². The van der Waals surface area contributed by atoms with Gasteiger partial charge in [0.15, 0.2) is 11.4 Å². The molecule has 0 saturated carbocycles. The lowest BCUT2D eigenvalue weighted by Gasteiger charge is -1.89. The molecule has 0 fully saturated rings. The molecule has 3 heterocycles. The Balaban J connectivity index is 2.22. The Kier molecular flexibility index (Phi) is 2.09. The molecule has 0 N–H and O–H groups in total. The predicted molar refractivity (Wildman–Crippen MR) is 60.7 cm³/mol. The highest BCUT2D eigenvalue weighted by atomic mass is 16.6. The SMILES string of the molecule is Cn1nc(-c2ccc([N+](=O)[O-])o2)c2cncnc21. The first-order chi connectivity index (χ1) is 8.66. The van der Waals surface area contributed by atoms with Crippen LogP contribution in [0.25, 0.3) is 22.5 Å². The van der Waals surface area contributed by atoms with E-state index < -0.39 is 4.92 Å². The van der Waals surface area contributed by atoms with E-state index in [0.717, 1.165) is 0 Å². The van der Waals surface area contributed by atoms with E-state index in [1.165, 1.54) is 18.5 Å². The molecule has 3 aromatic heterocycles. The molecule has 0 aliphatic carbocycles. The quantitative estimate of drug-likeness (QED) is 0.501. The zero-order chi connectivity index (χ0) is 12.7. The van der Waals surface area contributed by atoms with Crippen LogP contribution in [0.4, 0.5) is 5.88 Å². The molecule has 18 heavy (non-hydrogen) atoms. The van der Waals surface area contributed by atoms with Gasteiger partial charge < -0.3 is 4.42 Å². The number of hydrogen-bond donors (Lipinski definition) is 0. The lowest BCUT2D eigenvalue weighted by atomic mass is 10.2. The Morgan fingerprint density at radius 3 is 3.00 bits per heavy atom. The minimum Gasteiger partial charge on any atom is -0.399 e. The van der Waals surface area contributed by atoms with Crippen LogP contribution in [0.3, 0.4) is 0 Å². The summed E-state index contributed by atoms with van der Waals surface area (Å²) >= 11 is 0. The summed E-state index contributed by atoms with van der Waals surface area (Å²) in [6, 6.07) is 2.80. The second kappa shape index (κ2) is 3.62. The van der Waals surface area contributed by atoms with Gasteiger partial charge in [-0.1, -0.05) is 0 Å². The maximum atomic E-state index is 10.6. The molecule has 8 heteroatoms. The van der Waals surface area contributed by atoms with E-state index in [1.807, 2.05) is 0 Å². The molecule has 8 nitrogen and oxygen atoms in total. The predicted octanol–water partition coefficient (Wildman–Crippen LogP) is 1.53. The van der Waals surface area contributed by atoms with Gasteiger partial charge in [0.1, 0.15) is 16.9 Å². The lowest BCUT2D eigenvalue weighted by molar-refractivity contribution is -0.401. The van der Waals surface area contributed by atoms with Crippen molar-refractivity contribution in [1.82, 2.24) is 19.7 Å². The fourth-order valence-corrected chi connectivity index (χ4v) is 1.73. The fourth-order valence-electron chi connectivity index (χ4n) is 1.73. The normalized spacial score (nSPS) is 10.9. The fraction of sp³-hybridized carbons (Fsp3) is 0.100. The van der Waals surface area contributed by atoms with E-state index in [-0.39, 0.29) is 5.88 Å². The highest BCUT2D eigenvalue weighted by Crippen LogP contribution is 2.29. The summed E-state index contributed by atoms with van der Waals surface area (Å²) in [5.41, 5.74) is 1.13. The number of fused-ring (bicyclic) bond motifs is 1. The molecule has 0 atom stereocenters. The van der Waals surface area contributed by atoms with Gasteiger partial charge in [0.25, 0.3) is 0 Å². The summed E-state index contributed by atoms with van der Waals surface area (Å²) in [7, 11) is 1.73. The summed E-state index contributed by atoms with van der Waals surface area (Å²) < 4.78 is 6.69. The van der Waals surface area contributed by atoms with E-state index in [1.54, 1.807) is 17.9 Å². The van der Waals surface area contributed by atoms with Crippen molar-refractivity contribution in [3.8, 4) is 11.5 Å². The van der Waals surface area contributed by atoms with Crippen molar-refractivity contribution in [2.75, 3.05) is 0 Å². The summed E-state index contributed by atoms with van der Waals surface area (Å²) in [6.07, 6.45) is 3.01. The van der Waals surface area contributed by atoms with Gasteiger partial charge in [-0.05, 0) is 6.07 Å². The molecule has 0 unspecified atom stereocenters. The summed E-state index contributed by atoms with van der Waals surface area (Å²) in [5, 5.41) is 15.5. The number of rotatable bonds is 2. The molecule has 3 rings (SSSR count). The first-order valence-electron chi connectivity index (χ1n) is 5.04. The summed E-state index contributed by atoms with van der Waals surface area (Å²) in [6.45, 7) is 0. The first-order valence-corrected chi connectivity index (χ1v) is 5.04. The van der Waals surface area contributed by atoms with Crippen LogP contribution >= 0.6 is 0 Å². The van der Waals surface area contributed by atoms with Crippen molar-refractivity contribution in [1.29, 1.82) is 0 Å². The highest BCUT2D eigenvalue weighted by Gasteiger charge is 2.18. The van der Waals surface area contributed by atoms with Crippen molar-refractivity contribution in [3.05, 3.63) is 34.8 Å². The molecule has 0 spiro atoms. The largest absolute Gasteiger partial charge is 0.433 e. The van der Waals surface area contributed by atoms with Crippen LogP contribution in [0.15, 0.2) is 29.1 Å². The molecular formula is C10H7N5O3. The Morgan fingerprint density at radius 2 is 2.28 bits per heavy atom. The number of nitro groups is 1. The number of aromatic nitrogens is 4. The standard InChI is InChI=1S/C10H7N5O3/c1-14-10-6(4-11-5-12-10)9(13-14)7-2-3-8(18-7)15(16)17/h2-5H,1H3. The summed E-state index contributed by atoms with van der Waals surface area (Å²) in [4.78, 5) is 18.0. The third-order valence-corrected chi connectivity index (χ3v) is 2.51. The average Bonchev–Trinajstić information content (AvgIpc) is 2.95. The van der Waals surface area contributed by atoms with Crippen LogP contribution in [0.2, 0.25) is 0 Å². The molecule has 90 valence electrons. The molecule has 0 aliphatic rings. The van der Waals surface area contributed by atoms with E-state index in [4.69, 9.17) is 4.42 Å². The number of nitrogens with zero attached hydrogens (tertiary/aromatic N) is 5. The Bertz CT molecular complexity index is 745. The minimum absolute atomic E-state index is 0.319. The van der Waals surface area contributed by atoms with Crippen LogP contribution in [0.5, 0.6) is 0 Å². The first kappa shape index (κ1) is 10.4. The molecule has 0 radical (unpaired) electrons. The van der Waals surface area contributed by atoms with Crippen LogP contribution in [0, 0.1) is 10.1 Å². The van der Waals surface area contributed by atoms with Crippen LogP contribution < -0.4 is 0 Å². The second-order valence-corrected chi connectivity index (χ2v) is 3.63. The van der Waals surface area contributed by atoms with Gasteiger partial charge in [0.2, 0.25) is 0 Å². The number of aryl methyl sites for hydroxylation is 1. The van der Waals surface area contributed by atoms with Gasteiger partial charge in [-0.2, -0.15) is 5.10 Å². The van der Waals surface area contributed by atoms with E-state index in [0.29, 0.717) is 22.5 Å². The smallest absolute Gasteiger partial charge is 0.399 e. The van der Waals surface area contributed by atoms with Gasteiger partial charge in [-0.15, -0.1) is 0 Å². The van der Waals surface area contributed by atoms with Crippen molar-refractivity contribution in [3.63, 3.8) is 0 Å². The van der Waals surface area contributed by atoms with Crippen LogP contribution in [-0.2, 0) is 7.05 Å². The lowest BCUT2D eigenvalue weighted by Crippen LogP contribution is -1.91. The molecule has 0 amide bonds. The molecular weight excluding hydrogens is 238 g/mol. The second-order valence-electron chi connectivity index (χ2n) is 3.63. The number of hydrogen-bond acceptors (Lipinski definition) is 6. The minimum atomic E-state index is -0.592. The summed E-state index contributed by atoms with van der Waals surface area (Å²) in [5.74, 6) is 0.00255. The van der Waals surface area contributed by atoms with Gasteiger partial charge >= 0.3 is 5.88 Å². The maximum absolute atomic E-state index is 10.6. The van der Waals surface area contributed by atoms with E-state index >= 15 is 0 Å². The van der Waals surface area contributed by atoms with Crippen LogP contribution in [0.1, 0.15) is 0 Å². The monoisotopic (exact) mass is 245 g/mol. The zero-order valence-electron chi connectivity index (χ0n) is 9.27. The average molecular weight is 245 g/mol. The Hall–Kier alpha value is -2.77. The van der Waals surface area contributed by atoms with E-state index in [2.05, 4.69) is 15.1 Å². The Morgan fingerprint density at radius 1 is 1.44 bits per heavy atom.